The molecule has 1 aliphatic rings. The molecular weight excluding hydrogens is 176 g/mol. The number of hydrogen-bond acceptors (Lipinski definition) is 3. The van der Waals surface area contributed by atoms with Crippen LogP contribution in [0.3, 0.4) is 0 Å². The molecule has 0 spiro atoms. The Kier molecular flexibility index (Phi) is 3.56. The Labute approximate surface area is 87.8 Å². The molecule has 0 amide bonds. The SMILES string of the molecule is COC(C)(C)C(C)(C)N1CCNCC1. The summed E-state index contributed by atoms with van der Waals surface area (Å²) in [5, 5.41) is 3.37. The van der Waals surface area contributed by atoms with Crippen molar-refractivity contribution in [3.63, 3.8) is 0 Å². The molecule has 0 bridgehead atoms. The van der Waals surface area contributed by atoms with E-state index in [9.17, 15) is 0 Å². The molecule has 1 saturated heterocycles. The normalized spacial score (nSPS) is 21.2. The highest BCUT2D eigenvalue weighted by molar-refractivity contribution is 4.98. The van der Waals surface area contributed by atoms with Gasteiger partial charge < -0.3 is 10.1 Å². The van der Waals surface area contributed by atoms with Crippen molar-refractivity contribution in [1.82, 2.24) is 10.2 Å². The summed E-state index contributed by atoms with van der Waals surface area (Å²) in [6.07, 6.45) is 0. The lowest BCUT2D eigenvalue weighted by Gasteiger charge is -2.49. The lowest BCUT2D eigenvalue weighted by molar-refractivity contribution is -0.101. The molecule has 14 heavy (non-hydrogen) atoms. The summed E-state index contributed by atoms with van der Waals surface area (Å²) in [6.45, 7) is 13.2. The van der Waals surface area contributed by atoms with Crippen LogP contribution in [0.1, 0.15) is 27.7 Å². The van der Waals surface area contributed by atoms with E-state index in [4.69, 9.17) is 4.74 Å². The van der Waals surface area contributed by atoms with Crippen molar-refractivity contribution >= 4 is 0 Å². The first-order valence-corrected chi connectivity index (χ1v) is 5.43. The Balaban J connectivity index is 2.71. The van der Waals surface area contributed by atoms with Crippen LogP contribution in [-0.4, -0.2) is 49.3 Å². The lowest BCUT2D eigenvalue weighted by Crippen LogP contribution is -2.62. The molecule has 0 aromatic rings. The number of hydrogen-bond donors (Lipinski definition) is 1. The number of nitrogens with zero attached hydrogens (tertiary/aromatic N) is 1. The second-order valence-electron chi connectivity index (χ2n) is 5.01. The summed E-state index contributed by atoms with van der Waals surface area (Å²) in [4.78, 5) is 2.51. The average molecular weight is 200 g/mol. The zero-order valence-corrected chi connectivity index (χ0v) is 10.2. The second kappa shape index (κ2) is 4.17. The minimum absolute atomic E-state index is 0.0872. The van der Waals surface area contributed by atoms with Gasteiger partial charge in [-0.15, -0.1) is 0 Å². The Morgan fingerprint density at radius 2 is 1.57 bits per heavy atom. The third-order valence-corrected chi connectivity index (χ3v) is 3.89. The first kappa shape index (κ1) is 12.0. The maximum atomic E-state index is 5.59. The van der Waals surface area contributed by atoms with Gasteiger partial charge >= 0.3 is 0 Å². The molecule has 1 N–H and O–H groups in total. The number of piperazine rings is 1. The maximum absolute atomic E-state index is 5.59. The van der Waals surface area contributed by atoms with E-state index in [1.54, 1.807) is 7.11 Å². The van der Waals surface area contributed by atoms with Crippen molar-refractivity contribution in [3.8, 4) is 0 Å². The second-order valence-corrected chi connectivity index (χ2v) is 5.01. The lowest BCUT2D eigenvalue weighted by atomic mass is 9.83. The molecule has 0 radical (unpaired) electrons. The number of nitrogens with one attached hydrogen (secondary N) is 1. The van der Waals surface area contributed by atoms with Crippen LogP contribution in [-0.2, 0) is 4.74 Å². The van der Waals surface area contributed by atoms with Crippen LogP contribution in [0.5, 0.6) is 0 Å². The third-order valence-electron chi connectivity index (χ3n) is 3.89. The van der Waals surface area contributed by atoms with Gasteiger partial charge in [0.2, 0.25) is 0 Å². The molecule has 1 rings (SSSR count). The Hall–Kier alpha value is -0.120. The Morgan fingerprint density at radius 3 is 2.00 bits per heavy atom. The maximum Gasteiger partial charge on any atom is 0.0800 e. The zero-order chi connectivity index (χ0) is 10.8. The molecule has 0 atom stereocenters. The van der Waals surface area contributed by atoms with Crippen LogP contribution in [0, 0.1) is 0 Å². The van der Waals surface area contributed by atoms with Crippen LogP contribution in [0.2, 0.25) is 0 Å². The smallest absolute Gasteiger partial charge is 0.0800 e. The molecule has 0 saturated carbocycles. The fourth-order valence-corrected chi connectivity index (χ4v) is 1.85. The van der Waals surface area contributed by atoms with Crippen LogP contribution < -0.4 is 5.32 Å². The van der Waals surface area contributed by atoms with Crippen molar-refractivity contribution in [2.24, 2.45) is 0 Å². The minimum atomic E-state index is -0.107. The molecule has 1 heterocycles. The molecule has 84 valence electrons. The highest BCUT2D eigenvalue weighted by Gasteiger charge is 2.42. The fraction of sp³-hybridized carbons (Fsp3) is 1.00. The van der Waals surface area contributed by atoms with Gasteiger partial charge in [-0.25, -0.2) is 0 Å². The van der Waals surface area contributed by atoms with Crippen molar-refractivity contribution in [2.45, 2.75) is 38.8 Å². The van der Waals surface area contributed by atoms with Gasteiger partial charge in [-0.2, -0.15) is 0 Å². The summed E-state index contributed by atoms with van der Waals surface area (Å²) in [7, 11) is 1.80. The van der Waals surface area contributed by atoms with Gasteiger partial charge in [-0.05, 0) is 27.7 Å². The van der Waals surface area contributed by atoms with Gasteiger partial charge in [0.1, 0.15) is 0 Å². The third kappa shape index (κ3) is 2.10. The molecule has 0 aliphatic carbocycles. The first-order valence-electron chi connectivity index (χ1n) is 5.43. The highest BCUT2D eigenvalue weighted by atomic mass is 16.5. The van der Waals surface area contributed by atoms with E-state index in [0.717, 1.165) is 26.2 Å². The van der Waals surface area contributed by atoms with E-state index < -0.39 is 0 Å². The van der Waals surface area contributed by atoms with E-state index in [-0.39, 0.29) is 11.1 Å². The molecule has 1 fully saturated rings. The molecule has 3 heteroatoms. The summed E-state index contributed by atoms with van der Waals surface area (Å²) < 4.78 is 5.59. The topological polar surface area (TPSA) is 24.5 Å². The van der Waals surface area contributed by atoms with Crippen LogP contribution in [0.25, 0.3) is 0 Å². The predicted molar refractivity (Wildman–Crippen MR) is 59.6 cm³/mol. The van der Waals surface area contributed by atoms with Gasteiger partial charge in [0.25, 0.3) is 0 Å². The fourth-order valence-electron chi connectivity index (χ4n) is 1.85. The van der Waals surface area contributed by atoms with E-state index >= 15 is 0 Å². The molecule has 3 nitrogen and oxygen atoms in total. The summed E-state index contributed by atoms with van der Waals surface area (Å²) in [6, 6.07) is 0. The Morgan fingerprint density at radius 1 is 1.07 bits per heavy atom. The van der Waals surface area contributed by atoms with Gasteiger partial charge in [0.05, 0.1) is 5.60 Å². The quantitative estimate of drug-likeness (QED) is 0.738. The number of rotatable bonds is 3. The van der Waals surface area contributed by atoms with Crippen molar-refractivity contribution in [2.75, 3.05) is 33.3 Å². The van der Waals surface area contributed by atoms with E-state index in [0.29, 0.717) is 0 Å². The van der Waals surface area contributed by atoms with E-state index in [1.165, 1.54) is 0 Å². The molecular formula is C11H24N2O. The molecule has 1 aliphatic heterocycles. The van der Waals surface area contributed by atoms with E-state index in [2.05, 4.69) is 37.9 Å². The summed E-state index contributed by atoms with van der Waals surface area (Å²) >= 11 is 0. The summed E-state index contributed by atoms with van der Waals surface area (Å²) in [5.74, 6) is 0. The van der Waals surface area contributed by atoms with Crippen molar-refractivity contribution in [3.05, 3.63) is 0 Å². The molecule has 0 aromatic heterocycles. The van der Waals surface area contributed by atoms with Gasteiger partial charge in [-0.1, -0.05) is 0 Å². The largest absolute Gasteiger partial charge is 0.377 e. The van der Waals surface area contributed by atoms with Crippen molar-refractivity contribution in [1.29, 1.82) is 0 Å². The summed E-state index contributed by atoms with van der Waals surface area (Å²) in [5.41, 5.74) is -0.0197. The standard InChI is InChI=1S/C11H24N2O/c1-10(2,11(3,4)14-5)13-8-6-12-7-9-13/h12H,6-9H2,1-5H3. The van der Waals surface area contributed by atoms with Gasteiger partial charge in [-0.3, -0.25) is 4.90 Å². The molecule has 0 unspecified atom stereocenters. The predicted octanol–water partition coefficient (Wildman–Crippen LogP) is 1.10. The zero-order valence-electron chi connectivity index (χ0n) is 10.2. The van der Waals surface area contributed by atoms with Crippen LogP contribution >= 0.6 is 0 Å². The number of methoxy groups -OCH3 is 1. The minimum Gasteiger partial charge on any atom is -0.377 e. The molecule has 0 aromatic carbocycles. The van der Waals surface area contributed by atoms with Crippen LogP contribution in [0.15, 0.2) is 0 Å². The number of ether oxygens (including phenoxy) is 1. The first-order chi connectivity index (χ1) is 6.42. The van der Waals surface area contributed by atoms with Crippen LogP contribution in [0.4, 0.5) is 0 Å². The highest BCUT2D eigenvalue weighted by Crippen LogP contribution is 2.30. The average Bonchev–Trinajstić information content (AvgIpc) is 2.19. The van der Waals surface area contributed by atoms with Crippen molar-refractivity contribution < 1.29 is 4.74 Å². The van der Waals surface area contributed by atoms with E-state index in [1.807, 2.05) is 0 Å². The van der Waals surface area contributed by atoms with Gasteiger partial charge in [0.15, 0.2) is 0 Å². The Bertz CT molecular complexity index is 184. The van der Waals surface area contributed by atoms with Gasteiger partial charge in [0, 0.05) is 38.8 Å². The monoisotopic (exact) mass is 200 g/mol.